The predicted octanol–water partition coefficient (Wildman–Crippen LogP) is 4.78. The molecule has 0 atom stereocenters. The summed E-state index contributed by atoms with van der Waals surface area (Å²) in [5.74, 6) is -1.02. The van der Waals surface area contributed by atoms with Crippen LogP contribution in [0.15, 0.2) is 41.3 Å². The lowest BCUT2D eigenvalue weighted by molar-refractivity contribution is -0.110. The second-order valence-electron chi connectivity index (χ2n) is 8.59. The normalized spacial score (nSPS) is 14.1. The van der Waals surface area contributed by atoms with Crippen molar-refractivity contribution in [2.45, 2.75) is 24.5 Å². The Morgan fingerprint density at radius 2 is 1.84 bits per heavy atom. The lowest BCUT2D eigenvalue weighted by Crippen LogP contribution is -2.27. The molecule has 1 aromatic heterocycles. The van der Waals surface area contributed by atoms with Gasteiger partial charge in [-0.15, -0.1) is 0 Å². The molecule has 3 N–H and O–H groups in total. The minimum Gasteiger partial charge on any atom is -0.383 e. The van der Waals surface area contributed by atoms with Gasteiger partial charge in [-0.25, -0.2) is 8.42 Å². The average molecular weight is 562 g/mol. The van der Waals surface area contributed by atoms with Gasteiger partial charge in [0.05, 0.1) is 28.4 Å². The standard InChI is InChI=1S/C26H25Cl2N3O5S/c1-14-23(30-15(2)24(14)26(33)29-9-10-36-3)12-18-17-11-16(7-8-22(17)31-25(18)32)37(34,35)13-19-20(27)5-4-6-21(19)28/h4-8,11-12,30H,9-10,13H2,1-3H3,(H,29,33)(H,31,32). The largest absolute Gasteiger partial charge is 0.383 e. The van der Waals surface area contributed by atoms with E-state index in [2.05, 4.69) is 15.6 Å². The van der Waals surface area contributed by atoms with Gasteiger partial charge >= 0.3 is 0 Å². The Bertz CT molecular complexity index is 1520. The summed E-state index contributed by atoms with van der Waals surface area (Å²) in [7, 11) is -2.28. The first-order valence-corrected chi connectivity index (χ1v) is 13.7. The van der Waals surface area contributed by atoms with E-state index < -0.39 is 9.84 Å². The highest BCUT2D eigenvalue weighted by atomic mass is 35.5. The number of fused-ring (bicyclic) bond motifs is 1. The smallest absolute Gasteiger partial charge is 0.256 e. The number of hydrogen-bond acceptors (Lipinski definition) is 5. The number of sulfone groups is 1. The number of rotatable bonds is 8. The van der Waals surface area contributed by atoms with Crippen LogP contribution in [0.5, 0.6) is 0 Å². The van der Waals surface area contributed by atoms with Crippen LogP contribution in [0, 0.1) is 13.8 Å². The van der Waals surface area contributed by atoms with Gasteiger partial charge in [-0.1, -0.05) is 29.3 Å². The van der Waals surface area contributed by atoms with Crippen molar-refractivity contribution in [3.63, 3.8) is 0 Å². The van der Waals surface area contributed by atoms with E-state index in [1.165, 1.54) is 12.1 Å². The van der Waals surface area contributed by atoms with Crippen LogP contribution in [-0.4, -0.2) is 45.5 Å². The summed E-state index contributed by atoms with van der Waals surface area (Å²) >= 11 is 12.4. The first-order chi connectivity index (χ1) is 17.5. The minimum absolute atomic E-state index is 0.0298. The molecule has 1 aliphatic rings. The zero-order valence-electron chi connectivity index (χ0n) is 20.4. The minimum atomic E-state index is -3.83. The molecule has 0 saturated carbocycles. The van der Waals surface area contributed by atoms with Crippen molar-refractivity contribution in [1.82, 2.24) is 10.3 Å². The Hall–Kier alpha value is -3.11. The van der Waals surface area contributed by atoms with E-state index in [-0.39, 0.29) is 38.1 Å². The van der Waals surface area contributed by atoms with Gasteiger partial charge in [0.1, 0.15) is 0 Å². The number of carbonyl (C=O) groups is 2. The molecule has 2 amide bonds. The molecule has 0 saturated heterocycles. The molecule has 194 valence electrons. The maximum atomic E-state index is 13.2. The third-order valence-electron chi connectivity index (χ3n) is 6.11. The number of amides is 2. The van der Waals surface area contributed by atoms with E-state index in [1.54, 1.807) is 51.3 Å². The number of aromatic nitrogens is 1. The van der Waals surface area contributed by atoms with E-state index in [4.69, 9.17) is 27.9 Å². The molecule has 11 heteroatoms. The molecule has 0 radical (unpaired) electrons. The van der Waals surface area contributed by atoms with Crippen molar-refractivity contribution in [2.75, 3.05) is 25.6 Å². The first-order valence-electron chi connectivity index (χ1n) is 11.3. The number of anilines is 1. The number of aryl methyl sites for hydroxylation is 1. The average Bonchev–Trinajstić information content (AvgIpc) is 3.30. The highest BCUT2D eigenvalue weighted by molar-refractivity contribution is 7.90. The van der Waals surface area contributed by atoms with Crippen LogP contribution >= 0.6 is 23.2 Å². The van der Waals surface area contributed by atoms with Gasteiger partial charge < -0.3 is 20.4 Å². The summed E-state index contributed by atoms with van der Waals surface area (Å²) < 4.78 is 31.4. The topological polar surface area (TPSA) is 117 Å². The lowest BCUT2D eigenvalue weighted by Gasteiger charge is -2.10. The monoisotopic (exact) mass is 561 g/mol. The number of halogens is 2. The van der Waals surface area contributed by atoms with Crippen LogP contribution < -0.4 is 10.6 Å². The highest BCUT2D eigenvalue weighted by Gasteiger charge is 2.28. The van der Waals surface area contributed by atoms with Gasteiger partial charge in [0.15, 0.2) is 9.84 Å². The van der Waals surface area contributed by atoms with Gasteiger partial charge in [0.25, 0.3) is 11.8 Å². The number of carbonyl (C=O) groups excluding carboxylic acids is 2. The maximum Gasteiger partial charge on any atom is 0.256 e. The Kier molecular flexibility index (Phi) is 7.80. The predicted molar refractivity (Wildman–Crippen MR) is 145 cm³/mol. The molecular formula is C26H25Cl2N3O5S. The summed E-state index contributed by atoms with van der Waals surface area (Å²) in [6.45, 7) is 4.30. The summed E-state index contributed by atoms with van der Waals surface area (Å²) in [6.07, 6.45) is 1.62. The molecular weight excluding hydrogens is 537 g/mol. The van der Waals surface area contributed by atoms with Crippen molar-refractivity contribution >= 4 is 62.2 Å². The van der Waals surface area contributed by atoms with Crippen LogP contribution in [0.2, 0.25) is 10.0 Å². The summed E-state index contributed by atoms with van der Waals surface area (Å²) in [4.78, 5) is 28.7. The quantitative estimate of drug-likeness (QED) is 0.270. The second-order valence-corrected chi connectivity index (χ2v) is 11.4. The van der Waals surface area contributed by atoms with Crippen LogP contribution in [0.1, 0.15) is 38.4 Å². The molecule has 2 aromatic carbocycles. The van der Waals surface area contributed by atoms with Crippen LogP contribution in [0.3, 0.4) is 0 Å². The van der Waals surface area contributed by atoms with E-state index in [0.29, 0.717) is 52.5 Å². The third-order valence-corrected chi connectivity index (χ3v) is 8.46. The number of ether oxygens (including phenoxy) is 1. The zero-order chi connectivity index (χ0) is 26.9. The maximum absolute atomic E-state index is 13.2. The van der Waals surface area contributed by atoms with E-state index >= 15 is 0 Å². The van der Waals surface area contributed by atoms with E-state index in [9.17, 15) is 18.0 Å². The molecule has 0 bridgehead atoms. The Morgan fingerprint density at radius 1 is 1.14 bits per heavy atom. The van der Waals surface area contributed by atoms with Crippen LogP contribution in [0.4, 0.5) is 5.69 Å². The number of hydrogen-bond donors (Lipinski definition) is 3. The molecule has 1 aliphatic heterocycles. The molecule has 8 nitrogen and oxygen atoms in total. The van der Waals surface area contributed by atoms with Crippen molar-refractivity contribution < 1.29 is 22.7 Å². The Labute approximate surface area is 224 Å². The molecule has 3 aromatic rings. The van der Waals surface area contributed by atoms with Gasteiger partial charge in [0, 0.05) is 51.9 Å². The van der Waals surface area contributed by atoms with Gasteiger partial charge in [-0.05, 0) is 55.8 Å². The SMILES string of the molecule is COCCNC(=O)c1c(C)[nH]c(C=C2C(=O)Nc3ccc(S(=O)(=O)Cc4c(Cl)cccc4Cl)cc32)c1C. The van der Waals surface area contributed by atoms with Crippen molar-refractivity contribution in [2.24, 2.45) is 0 Å². The summed E-state index contributed by atoms with van der Waals surface area (Å²) in [5, 5.41) is 6.07. The number of H-pyrrole nitrogens is 1. The number of nitrogens with one attached hydrogen (secondary N) is 3. The second kappa shape index (κ2) is 10.7. The molecule has 0 unspecified atom stereocenters. The Balaban J connectivity index is 1.69. The summed E-state index contributed by atoms with van der Waals surface area (Å²) in [5.41, 5.74) is 3.88. The van der Waals surface area contributed by atoms with Gasteiger partial charge in [-0.3, -0.25) is 9.59 Å². The molecule has 0 spiro atoms. The third kappa shape index (κ3) is 5.45. The Morgan fingerprint density at radius 3 is 2.51 bits per heavy atom. The van der Waals surface area contributed by atoms with Crippen molar-refractivity contribution in [1.29, 1.82) is 0 Å². The number of aromatic amines is 1. The molecule has 0 fully saturated rings. The fourth-order valence-corrected chi connectivity index (χ4v) is 6.33. The van der Waals surface area contributed by atoms with Crippen LogP contribution in [0.25, 0.3) is 11.6 Å². The molecule has 2 heterocycles. The fraction of sp³-hybridized carbons (Fsp3) is 0.231. The summed E-state index contributed by atoms with van der Waals surface area (Å²) in [6, 6.07) is 9.26. The highest BCUT2D eigenvalue weighted by Crippen LogP contribution is 2.37. The molecule has 0 aliphatic carbocycles. The first kappa shape index (κ1) is 26.9. The zero-order valence-corrected chi connectivity index (χ0v) is 22.7. The number of benzene rings is 2. The number of methoxy groups -OCH3 is 1. The van der Waals surface area contributed by atoms with E-state index in [0.717, 1.165) is 0 Å². The van der Waals surface area contributed by atoms with Crippen molar-refractivity contribution in [3.05, 3.63) is 80.1 Å². The van der Waals surface area contributed by atoms with Gasteiger partial charge in [0.2, 0.25) is 0 Å². The van der Waals surface area contributed by atoms with Gasteiger partial charge in [-0.2, -0.15) is 0 Å². The van der Waals surface area contributed by atoms with Crippen molar-refractivity contribution in [3.8, 4) is 0 Å². The lowest BCUT2D eigenvalue weighted by atomic mass is 10.0. The molecule has 4 rings (SSSR count). The fourth-order valence-electron chi connectivity index (χ4n) is 4.21. The van der Waals surface area contributed by atoms with E-state index in [1.807, 2.05) is 0 Å². The van der Waals surface area contributed by atoms with Crippen LogP contribution in [-0.2, 0) is 25.1 Å². The molecule has 37 heavy (non-hydrogen) atoms.